The number of hydrogen-bond acceptors (Lipinski definition) is 2. The Labute approximate surface area is 126 Å². The first kappa shape index (κ1) is 15.5. The molecule has 0 spiro atoms. The fourth-order valence-corrected chi connectivity index (χ4v) is 2.22. The van der Waals surface area contributed by atoms with Gasteiger partial charge in [-0.15, -0.1) is 0 Å². The lowest BCUT2D eigenvalue weighted by atomic mass is 10.1. The van der Waals surface area contributed by atoms with E-state index in [0.29, 0.717) is 18.3 Å². The van der Waals surface area contributed by atoms with Crippen LogP contribution in [-0.4, -0.2) is 6.04 Å². The van der Waals surface area contributed by atoms with E-state index in [0.717, 1.165) is 22.4 Å². The maximum absolute atomic E-state index is 13.5. The van der Waals surface area contributed by atoms with E-state index in [2.05, 4.69) is 25.2 Å². The lowest BCUT2D eigenvalue weighted by Crippen LogP contribution is -2.22. The van der Waals surface area contributed by atoms with Gasteiger partial charge in [0, 0.05) is 18.2 Å². The Morgan fingerprint density at radius 1 is 1.05 bits per heavy atom. The minimum Gasteiger partial charge on any atom is -0.457 e. The van der Waals surface area contributed by atoms with Gasteiger partial charge in [0.15, 0.2) is 0 Å². The molecule has 2 aromatic carbocycles. The number of halogens is 1. The van der Waals surface area contributed by atoms with E-state index in [1.807, 2.05) is 26.0 Å². The van der Waals surface area contributed by atoms with Crippen molar-refractivity contribution in [3.63, 3.8) is 0 Å². The minimum atomic E-state index is -0.247. The Morgan fingerprint density at radius 2 is 1.71 bits per heavy atom. The summed E-state index contributed by atoms with van der Waals surface area (Å²) in [5.74, 6) is 1.22. The summed E-state index contributed by atoms with van der Waals surface area (Å²) in [5.41, 5.74) is 3.12. The van der Waals surface area contributed by atoms with Crippen molar-refractivity contribution in [1.82, 2.24) is 5.32 Å². The van der Waals surface area contributed by atoms with Gasteiger partial charge in [-0.05, 0) is 55.3 Å². The standard InChI is InChI=1S/C18H22FNO/c1-12(2)20-11-15-10-16(19)5-6-18(15)21-17-8-13(3)7-14(4)9-17/h5-10,12,20H,11H2,1-4H3. The molecule has 1 N–H and O–H groups in total. The van der Waals surface area contributed by atoms with Crippen LogP contribution < -0.4 is 10.1 Å². The summed E-state index contributed by atoms with van der Waals surface area (Å²) in [7, 11) is 0. The third-order valence-corrected chi connectivity index (χ3v) is 3.15. The van der Waals surface area contributed by atoms with E-state index in [1.54, 1.807) is 6.07 Å². The fraction of sp³-hybridized carbons (Fsp3) is 0.333. The van der Waals surface area contributed by atoms with Crippen LogP contribution in [0.5, 0.6) is 11.5 Å². The molecule has 0 aliphatic rings. The molecule has 2 rings (SSSR count). The SMILES string of the molecule is Cc1cc(C)cc(Oc2ccc(F)cc2CNC(C)C)c1. The van der Waals surface area contributed by atoms with Gasteiger partial charge in [0.2, 0.25) is 0 Å². The van der Waals surface area contributed by atoms with Crippen LogP contribution in [0.3, 0.4) is 0 Å². The first-order valence-electron chi connectivity index (χ1n) is 7.22. The van der Waals surface area contributed by atoms with Crippen molar-refractivity contribution < 1.29 is 9.13 Å². The number of hydrogen-bond donors (Lipinski definition) is 1. The number of benzene rings is 2. The average molecular weight is 287 g/mol. The molecule has 0 aliphatic carbocycles. The van der Waals surface area contributed by atoms with Crippen LogP contribution in [0.1, 0.15) is 30.5 Å². The summed E-state index contributed by atoms with van der Waals surface area (Å²) in [4.78, 5) is 0. The summed E-state index contributed by atoms with van der Waals surface area (Å²) in [6, 6.07) is 11.0. The Bertz CT molecular complexity index is 602. The smallest absolute Gasteiger partial charge is 0.132 e. The quantitative estimate of drug-likeness (QED) is 0.858. The highest BCUT2D eigenvalue weighted by Gasteiger charge is 2.08. The number of nitrogens with one attached hydrogen (secondary N) is 1. The van der Waals surface area contributed by atoms with Crippen LogP contribution in [0.25, 0.3) is 0 Å². The minimum absolute atomic E-state index is 0.247. The van der Waals surface area contributed by atoms with Gasteiger partial charge in [-0.1, -0.05) is 19.9 Å². The molecule has 0 aliphatic heterocycles. The molecule has 0 saturated heterocycles. The molecule has 0 atom stereocenters. The largest absolute Gasteiger partial charge is 0.457 e. The third kappa shape index (κ3) is 4.57. The molecule has 0 heterocycles. The van der Waals surface area contributed by atoms with Crippen LogP contribution in [0, 0.1) is 19.7 Å². The molecule has 0 saturated carbocycles. The monoisotopic (exact) mass is 287 g/mol. The molecule has 0 fully saturated rings. The molecular formula is C18H22FNO. The van der Waals surface area contributed by atoms with E-state index in [1.165, 1.54) is 12.1 Å². The number of rotatable bonds is 5. The molecule has 0 amide bonds. The summed E-state index contributed by atoms with van der Waals surface area (Å²) in [6.45, 7) is 8.76. The summed E-state index contributed by atoms with van der Waals surface area (Å²) < 4.78 is 19.4. The predicted molar refractivity (Wildman–Crippen MR) is 84.4 cm³/mol. The van der Waals surface area contributed by atoms with Crippen LogP contribution in [0.4, 0.5) is 4.39 Å². The Morgan fingerprint density at radius 3 is 2.33 bits per heavy atom. The van der Waals surface area contributed by atoms with Crippen LogP contribution in [0.15, 0.2) is 36.4 Å². The molecular weight excluding hydrogens is 265 g/mol. The fourth-order valence-electron chi connectivity index (χ4n) is 2.22. The first-order chi connectivity index (χ1) is 9.94. The van der Waals surface area contributed by atoms with Gasteiger partial charge < -0.3 is 10.1 Å². The van der Waals surface area contributed by atoms with E-state index in [-0.39, 0.29) is 5.82 Å². The highest BCUT2D eigenvalue weighted by Crippen LogP contribution is 2.27. The molecule has 0 aromatic heterocycles. The Balaban J connectivity index is 2.25. The second-order valence-electron chi connectivity index (χ2n) is 5.71. The Hall–Kier alpha value is -1.87. The molecule has 0 radical (unpaired) electrons. The summed E-state index contributed by atoms with van der Waals surface area (Å²) >= 11 is 0. The zero-order chi connectivity index (χ0) is 15.4. The molecule has 0 bridgehead atoms. The van der Waals surface area contributed by atoms with E-state index in [9.17, 15) is 4.39 Å². The molecule has 3 heteroatoms. The van der Waals surface area contributed by atoms with Crippen molar-refractivity contribution >= 4 is 0 Å². The van der Waals surface area contributed by atoms with Crippen LogP contribution >= 0.6 is 0 Å². The van der Waals surface area contributed by atoms with Crippen molar-refractivity contribution in [3.05, 3.63) is 58.9 Å². The number of ether oxygens (including phenoxy) is 1. The summed E-state index contributed by atoms with van der Waals surface area (Å²) in [5, 5.41) is 3.29. The zero-order valence-corrected chi connectivity index (χ0v) is 13.0. The maximum atomic E-state index is 13.5. The Kier molecular flexibility index (Phi) is 4.97. The lowest BCUT2D eigenvalue weighted by Gasteiger charge is -2.14. The highest BCUT2D eigenvalue weighted by atomic mass is 19.1. The molecule has 112 valence electrons. The molecule has 21 heavy (non-hydrogen) atoms. The van der Waals surface area contributed by atoms with E-state index < -0.39 is 0 Å². The van der Waals surface area contributed by atoms with Crippen molar-refractivity contribution in [1.29, 1.82) is 0 Å². The molecule has 0 unspecified atom stereocenters. The van der Waals surface area contributed by atoms with Crippen LogP contribution in [0.2, 0.25) is 0 Å². The van der Waals surface area contributed by atoms with Gasteiger partial charge in [0.1, 0.15) is 17.3 Å². The van der Waals surface area contributed by atoms with Crippen molar-refractivity contribution in [2.24, 2.45) is 0 Å². The number of aryl methyl sites for hydroxylation is 2. The topological polar surface area (TPSA) is 21.3 Å². The van der Waals surface area contributed by atoms with Gasteiger partial charge >= 0.3 is 0 Å². The van der Waals surface area contributed by atoms with Crippen LogP contribution in [-0.2, 0) is 6.54 Å². The highest BCUT2D eigenvalue weighted by molar-refractivity contribution is 5.40. The van der Waals surface area contributed by atoms with Gasteiger partial charge in [-0.3, -0.25) is 0 Å². The van der Waals surface area contributed by atoms with Gasteiger partial charge in [-0.25, -0.2) is 4.39 Å². The van der Waals surface area contributed by atoms with Crippen molar-refractivity contribution in [3.8, 4) is 11.5 Å². The van der Waals surface area contributed by atoms with Gasteiger partial charge in [-0.2, -0.15) is 0 Å². The maximum Gasteiger partial charge on any atom is 0.132 e. The first-order valence-corrected chi connectivity index (χ1v) is 7.22. The third-order valence-electron chi connectivity index (χ3n) is 3.15. The second kappa shape index (κ2) is 6.72. The molecule has 2 aromatic rings. The zero-order valence-electron chi connectivity index (χ0n) is 13.0. The van der Waals surface area contributed by atoms with E-state index >= 15 is 0 Å². The van der Waals surface area contributed by atoms with Gasteiger partial charge in [0.05, 0.1) is 0 Å². The lowest BCUT2D eigenvalue weighted by molar-refractivity contribution is 0.466. The van der Waals surface area contributed by atoms with Gasteiger partial charge in [0.25, 0.3) is 0 Å². The van der Waals surface area contributed by atoms with E-state index in [4.69, 9.17) is 4.74 Å². The van der Waals surface area contributed by atoms with Crippen molar-refractivity contribution in [2.75, 3.05) is 0 Å². The summed E-state index contributed by atoms with van der Waals surface area (Å²) in [6.07, 6.45) is 0. The normalized spacial score (nSPS) is 11.0. The average Bonchev–Trinajstić information content (AvgIpc) is 2.37. The molecule has 2 nitrogen and oxygen atoms in total. The predicted octanol–water partition coefficient (Wildman–Crippen LogP) is 4.73. The second-order valence-corrected chi connectivity index (χ2v) is 5.71. The van der Waals surface area contributed by atoms with Crippen molar-refractivity contribution in [2.45, 2.75) is 40.3 Å².